The Morgan fingerprint density at radius 2 is 1.76 bits per heavy atom. The minimum Gasteiger partial charge on any atom is -0.297 e. The number of nitrogens with zero attached hydrogens (tertiary/aromatic N) is 3. The first-order valence-corrected chi connectivity index (χ1v) is 9.35. The van der Waals surface area contributed by atoms with Gasteiger partial charge in [0, 0.05) is 6.54 Å². The van der Waals surface area contributed by atoms with Crippen LogP contribution in [0.5, 0.6) is 0 Å². The van der Waals surface area contributed by atoms with E-state index in [1.54, 1.807) is 49.5 Å². The van der Waals surface area contributed by atoms with Gasteiger partial charge in [-0.05, 0) is 30.8 Å². The van der Waals surface area contributed by atoms with Crippen molar-refractivity contribution in [2.24, 2.45) is 0 Å². The summed E-state index contributed by atoms with van der Waals surface area (Å²) in [4.78, 5) is 13.6. The van der Waals surface area contributed by atoms with Gasteiger partial charge < -0.3 is 0 Å². The average Bonchev–Trinajstić information content (AvgIpc) is 3.07. The zero-order valence-corrected chi connectivity index (χ0v) is 14.4. The molecule has 2 heterocycles. The van der Waals surface area contributed by atoms with E-state index in [1.807, 2.05) is 4.90 Å². The number of rotatable bonds is 3. The standard InChI is InChI=1S/C17H17N3O4S/c1-18-11-15-14-9-5-6-10-16(14)19(17(15,12-18)20(21)22)25(23,24)13-7-3-2-4-8-13/h2-10,15H,11-12H2,1H3/t15-,17+/m0/s1. The molecule has 0 aliphatic carbocycles. The number of fused-ring (bicyclic) bond motifs is 3. The third-order valence-corrected chi connectivity index (χ3v) is 6.90. The number of hydrogen-bond acceptors (Lipinski definition) is 5. The molecule has 2 atom stereocenters. The van der Waals surface area contributed by atoms with Crippen molar-refractivity contribution in [3.8, 4) is 0 Å². The molecule has 0 N–H and O–H groups in total. The Morgan fingerprint density at radius 1 is 1.12 bits per heavy atom. The Morgan fingerprint density at radius 3 is 2.44 bits per heavy atom. The van der Waals surface area contributed by atoms with Gasteiger partial charge >= 0.3 is 5.66 Å². The van der Waals surface area contributed by atoms with E-state index in [0.717, 1.165) is 4.31 Å². The van der Waals surface area contributed by atoms with E-state index in [1.165, 1.54) is 12.1 Å². The van der Waals surface area contributed by atoms with Crippen molar-refractivity contribution in [2.45, 2.75) is 16.5 Å². The fourth-order valence-corrected chi connectivity index (χ4v) is 5.86. The molecule has 0 bridgehead atoms. The Hall–Kier alpha value is -2.45. The van der Waals surface area contributed by atoms with Crippen molar-refractivity contribution in [3.05, 3.63) is 70.3 Å². The summed E-state index contributed by atoms with van der Waals surface area (Å²) in [6, 6.07) is 14.8. The molecule has 0 spiro atoms. The summed E-state index contributed by atoms with van der Waals surface area (Å²) in [5.41, 5.74) is -0.600. The van der Waals surface area contributed by atoms with Crippen molar-refractivity contribution in [3.63, 3.8) is 0 Å². The lowest BCUT2D eigenvalue weighted by atomic mass is 9.93. The lowest BCUT2D eigenvalue weighted by molar-refractivity contribution is -0.563. The maximum atomic E-state index is 13.4. The van der Waals surface area contributed by atoms with Crippen LogP contribution >= 0.6 is 0 Å². The fourth-order valence-electron chi connectivity index (χ4n) is 4.05. The molecular weight excluding hydrogens is 342 g/mol. The maximum Gasteiger partial charge on any atom is 0.329 e. The van der Waals surface area contributed by atoms with Crippen LogP contribution < -0.4 is 4.31 Å². The largest absolute Gasteiger partial charge is 0.329 e. The van der Waals surface area contributed by atoms with Crippen molar-refractivity contribution in [2.75, 3.05) is 24.4 Å². The number of nitro groups is 1. The fraction of sp³-hybridized carbons (Fsp3) is 0.294. The highest BCUT2D eigenvalue weighted by atomic mass is 32.2. The van der Waals surface area contributed by atoms with Crippen LogP contribution in [-0.2, 0) is 10.0 Å². The smallest absolute Gasteiger partial charge is 0.297 e. The van der Waals surface area contributed by atoms with E-state index in [9.17, 15) is 18.5 Å². The van der Waals surface area contributed by atoms with Crippen molar-refractivity contribution in [1.82, 2.24) is 4.90 Å². The van der Waals surface area contributed by atoms with Gasteiger partial charge in [0.2, 0.25) is 0 Å². The number of likely N-dealkylation sites (N-methyl/N-ethyl adjacent to an activating group) is 1. The van der Waals surface area contributed by atoms with E-state index in [-0.39, 0.29) is 11.4 Å². The van der Waals surface area contributed by atoms with Crippen molar-refractivity contribution < 1.29 is 13.3 Å². The van der Waals surface area contributed by atoms with Gasteiger partial charge in [0.25, 0.3) is 10.0 Å². The number of anilines is 1. The zero-order chi connectivity index (χ0) is 17.8. The van der Waals surface area contributed by atoms with E-state index in [0.29, 0.717) is 17.8 Å². The normalized spacial score (nSPS) is 25.6. The highest BCUT2D eigenvalue weighted by Crippen LogP contribution is 2.53. The number of likely N-dealkylation sites (tertiary alicyclic amines) is 1. The highest BCUT2D eigenvalue weighted by molar-refractivity contribution is 7.93. The molecule has 2 aromatic rings. The van der Waals surface area contributed by atoms with Gasteiger partial charge in [-0.1, -0.05) is 36.4 Å². The first-order valence-electron chi connectivity index (χ1n) is 7.91. The van der Waals surface area contributed by atoms with Crippen LogP contribution in [-0.4, -0.2) is 44.0 Å². The molecule has 2 aliphatic heterocycles. The second-order valence-electron chi connectivity index (χ2n) is 6.53. The van der Waals surface area contributed by atoms with Gasteiger partial charge in [-0.15, -0.1) is 0 Å². The van der Waals surface area contributed by atoms with Crippen LogP contribution in [0.25, 0.3) is 0 Å². The predicted octanol–water partition coefficient (Wildman–Crippen LogP) is 1.90. The molecule has 4 rings (SSSR count). The van der Waals surface area contributed by atoms with Gasteiger partial charge in [0.15, 0.2) is 0 Å². The lowest BCUT2D eigenvalue weighted by Gasteiger charge is -2.31. The summed E-state index contributed by atoms with van der Waals surface area (Å²) < 4.78 is 27.8. The summed E-state index contributed by atoms with van der Waals surface area (Å²) in [5, 5.41) is 12.2. The van der Waals surface area contributed by atoms with E-state index >= 15 is 0 Å². The van der Waals surface area contributed by atoms with Crippen LogP contribution in [0.2, 0.25) is 0 Å². The number of para-hydroxylation sites is 1. The maximum absolute atomic E-state index is 13.4. The molecule has 7 nitrogen and oxygen atoms in total. The van der Waals surface area contributed by atoms with E-state index in [2.05, 4.69) is 0 Å². The monoisotopic (exact) mass is 359 g/mol. The van der Waals surface area contributed by atoms with E-state index in [4.69, 9.17) is 0 Å². The second kappa shape index (κ2) is 5.27. The minimum atomic E-state index is -4.07. The minimum absolute atomic E-state index is 0.0470. The highest BCUT2D eigenvalue weighted by Gasteiger charge is 2.69. The first kappa shape index (κ1) is 16.0. The summed E-state index contributed by atoms with van der Waals surface area (Å²) >= 11 is 0. The number of sulfonamides is 1. The SMILES string of the molecule is CN1C[C@H]2c3ccccc3N(S(=O)(=O)c3ccccc3)[C@@]2([N+](=O)[O-])C1. The topological polar surface area (TPSA) is 83.8 Å². The molecule has 25 heavy (non-hydrogen) atoms. The molecule has 0 amide bonds. The van der Waals surface area contributed by atoms with Crippen molar-refractivity contribution in [1.29, 1.82) is 0 Å². The van der Waals surface area contributed by atoms with Gasteiger partial charge in [0.05, 0.1) is 28.0 Å². The van der Waals surface area contributed by atoms with Crippen LogP contribution in [0.1, 0.15) is 11.5 Å². The molecule has 2 aliphatic rings. The Kier molecular flexibility index (Phi) is 3.38. The average molecular weight is 359 g/mol. The zero-order valence-electron chi connectivity index (χ0n) is 13.6. The molecule has 2 aromatic carbocycles. The molecule has 0 radical (unpaired) electrons. The quantitative estimate of drug-likeness (QED) is 0.617. The molecular formula is C17H17N3O4S. The first-order chi connectivity index (χ1) is 11.9. The molecule has 0 aromatic heterocycles. The Balaban J connectivity index is 2.00. The van der Waals surface area contributed by atoms with Crippen LogP contribution in [0.15, 0.2) is 59.5 Å². The van der Waals surface area contributed by atoms with E-state index < -0.39 is 26.5 Å². The summed E-state index contributed by atoms with van der Waals surface area (Å²) in [5.74, 6) is -0.498. The summed E-state index contributed by atoms with van der Waals surface area (Å²) in [6.45, 7) is 0.490. The predicted molar refractivity (Wildman–Crippen MR) is 92.5 cm³/mol. The summed E-state index contributed by atoms with van der Waals surface area (Å²) in [7, 11) is -2.29. The number of hydrogen-bond donors (Lipinski definition) is 0. The van der Waals surface area contributed by atoms with Crippen LogP contribution in [0.4, 0.5) is 5.69 Å². The second-order valence-corrected chi connectivity index (χ2v) is 8.31. The van der Waals surface area contributed by atoms with Gasteiger partial charge in [-0.25, -0.2) is 8.42 Å². The molecule has 8 heteroatoms. The Labute approximate surface area is 145 Å². The molecule has 1 fully saturated rings. The van der Waals surface area contributed by atoms with Gasteiger partial charge in [0.1, 0.15) is 0 Å². The van der Waals surface area contributed by atoms with Crippen LogP contribution in [0.3, 0.4) is 0 Å². The molecule has 130 valence electrons. The van der Waals surface area contributed by atoms with Gasteiger partial charge in [-0.2, -0.15) is 4.31 Å². The van der Waals surface area contributed by atoms with Crippen molar-refractivity contribution >= 4 is 15.7 Å². The number of benzene rings is 2. The third kappa shape index (κ3) is 2.04. The Bertz CT molecular complexity index is 947. The van der Waals surface area contributed by atoms with Crippen LogP contribution in [0, 0.1) is 10.1 Å². The third-order valence-electron chi connectivity index (χ3n) is 5.04. The summed E-state index contributed by atoms with van der Waals surface area (Å²) in [6.07, 6.45) is 0. The lowest BCUT2D eigenvalue weighted by Crippen LogP contribution is -2.58. The molecule has 0 saturated carbocycles. The molecule has 1 saturated heterocycles. The van der Waals surface area contributed by atoms with Gasteiger partial charge in [-0.3, -0.25) is 15.0 Å². The molecule has 0 unspecified atom stereocenters.